The van der Waals surface area contributed by atoms with Crippen molar-refractivity contribution in [2.24, 2.45) is 7.05 Å². The highest BCUT2D eigenvalue weighted by Gasteiger charge is 2.15. The van der Waals surface area contributed by atoms with Crippen molar-refractivity contribution in [3.05, 3.63) is 30.7 Å². The number of aromatic nitrogens is 4. The van der Waals surface area contributed by atoms with E-state index in [1.54, 1.807) is 0 Å². The van der Waals surface area contributed by atoms with E-state index in [1.165, 1.54) is 11.1 Å². The number of fused-ring (bicyclic) bond motifs is 1. The summed E-state index contributed by atoms with van der Waals surface area (Å²) in [5, 5.41) is 8.80. The molecule has 4 heterocycles. The first-order valence-corrected chi connectivity index (χ1v) is 7.24. The third-order valence-electron chi connectivity index (χ3n) is 3.98. The lowest BCUT2D eigenvalue weighted by Gasteiger charge is -2.29. The van der Waals surface area contributed by atoms with Crippen LogP contribution in [0.3, 0.4) is 0 Å². The van der Waals surface area contributed by atoms with Crippen molar-refractivity contribution in [1.29, 1.82) is 0 Å². The summed E-state index contributed by atoms with van der Waals surface area (Å²) in [6.07, 6.45) is 5.76. The standard InChI is InChI=1S/C15H18N6/c1-20-10-11(9-18-20)13-8-12-14(2-3-17-15(12)19-13)21-6-4-16-5-7-21/h2-3,8-10,16H,4-7H2,1H3,(H,17,19). The summed E-state index contributed by atoms with van der Waals surface area (Å²) in [6, 6.07) is 4.28. The van der Waals surface area contributed by atoms with Crippen molar-refractivity contribution >= 4 is 16.7 Å². The normalized spacial score (nSPS) is 15.8. The van der Waals surface area contributed by atoms with E-state index in [4.69, 9.17) is 0 Å². The van der Waals surface area contributed by atoms with Crippen LogP contribution in [0.5, 0.6) is 0 Å². The monoisotopic (exact) mass is 282 g/mol. The molecule has 6 nitrogen and oxygen atoms in total. The lowest BCUT2D eigenvalue weighted by atomic mass is 10.2. The number of pyridine rings is 1. The van der Waals surface area contributed by atoms with E-state index in [9.17, 15) is 0 Å². The lowest BCUT2D eigenvalue weighted by Crippen LogP contribution is -2.43. The van der Waals surface area contributed by atoms with Crippen LogP contribution in [0.2, 0.25) is 0 Å². The molecule has 6 heteroatoms. The second-order valence-electron chi connectivity index (χ2n) is 5.42. The van der Waals surface area contributed by atoms with Gasteiger partial charge in [0.05, 0.1) is 11.9 Å². The molecule has 1 saturated heterocycles. The Morgan fingerprint density at radius 2 is 2.10 bits per heavy atom. The van der Waals surface area contributed by atoms with Gasteiger partial charge in [0.25, 0.3) is 0 Å². The maximum atomic E-state index is 4.46. The largest absolute Gasteiger partial charge is 0.368 e. The third kappa shape index (κ3) is 2.17. The summed E-state index contributed by atoms with van der Waals surface area (Å²) >= 11 is 0. The van der Waals surface area contributed by atoms with E-state index in [0.717, 1.165) is 43.1 Å². The number of nitrogens with zero attached hydrogens (tertiary/aromatic N) is 4. The Morgan fingerprint density at radius 1 is 1.24 bits per heavy atom. The fourth-order valence-corrected chi connectivity index (χ4v) is 2.91. The highest BCUT2D eigenvalue weighted by molar-refractivity contribution is 5.93. The SMILES string of the molecule is Cn1cc(-c2cc3c(N4CCNCC4)ccnc3[nH]2)cn1. The summed E-state index contributed by atoms with van der Waals surface area (Å²) < 4.78 is 1.81. The number of aromatic amines is 1. The van der Waals surface area contributed by atoms with Crippen molar-refractivity contribution in [2.75, 3.05) is 31.1 Å². The molecule has 0 atom stereocenters. The average molecular weight is 282 g/mol. The van der Waals surface area contributed by atoms with E-state index in [2.05, 4.69) is 37.4 Å². The van der Waals surface area contributed by atoms with Crippen molar-refractivity contribution < 1.29 is 0 Å². The van der Waals surface area contributed by atoms with Gasteiger partial charge in [0.1, 0.15) is 5.65 Å². The Kier molecular flexibility index (Phi) is 2.89. The quantitative estimate of drug-likeness (QED) is 0.745. The Balaban J connectivity index is 1.80. The van der Waals surface area contributed by atoms with Crippen LogP contribution in [-0.4, -0.2) is 45.9 Å². The van der Waals surface area contributed by atoms with E-state index in [-0.39, 0.29) is 0 Å². The van der Waals surface area contributed by atoms with Crippen LogP contribution in [0.15, 0.2) is 30.7 Å². The van der Waals surface area contributed by atoms with Crippen LogP contribution in [0.25, 0.3) is 22.3 Å². The number of H-pyrrole nitrogens is 1. The number of aryl methyl sites for hydroxylation is 1. The molecule has 108 valence electrons. The Hall–Kier alpha value is -2.34. The van der Waals surface area contributed by atoms with Gasteiger partial charge in [-0.2, -0.15) is 5.10 Å². The Morgan fingerprint density at radius 3 is 2.86 bits per heavy atom. The molecule has 0 radical (unpaired) electrons. The molecule has 1 aliphatic heterocycles. The first kappa shape index (κ1) is 12.4. The first-order chi connectivity index (χ1) is 10.3. The summed E-state index contributed by atoms with van der Waals surface area (Å²) in [7, 11) is 1.93. The molecule has 4 rings (SSSR count). The van der Waals surface area contributed by atoms with Crippen molar-refractivity contribution in [1.82, 2.24) is 25.1 Å². The minimum Gasteiger partial charge on any atom is -0.368 e. The molecule has 0 aromatic carbocycles. The van der Waals surface area contributed by atoms with E-state index in [1.807, 2.05) is 30.3 Å². The zero-order valence-electron chi connectivity index (χ0n) is 12.0. The molecule has 0 amide bonds. The maximum absolute atomic E-state index is 4.46. The maximum Gasteiger partial charge on any atom is 0.139 e. The van der Waals surface area contributed by atoms with Gasteiger partial charge in [-0.3, -0.25) is 4.68 Å². The van der Waals surface area contributed by atoms with Crippen LogP contribution < -0.4 is 10.2 Å². The smallest absolute Gasteiger partial charge is 0.139 e. The zero-order chi connectivity index (χ0) is 14.2. The number of piperazine rings is 1. The molecule has 0 bridgehead atoms. The summed E-state index contributed by atoms with van der Waals surface area (Å²) in [5.74, 6) is 0. The Bertz CT molecular complexity index is 765. The summed E-state index contributed by atoms with van der Waals surface area (Å²) in [4.78, 5) is 10.3. The highest BCUT2D eigenvalue weighted by Crippen LogP contribution is 2.30. The van der Waals surface area contributed by atoms with Crippen LogP contribution in [0.4, 0.5) is 5.69 Å². The van der Waals surface area contributed by atoms with Crippen molar-refractivity contribution in [3.63, 3.8) is 0 Å². The van der Waals surface area contributed by atoms with E-state index < -0.39 is 0 Å². The first-order valence-electron chi connectivity index (χ1n) is 7.24. The molecule has 0 saturated carbocycles. The number of nitrogens with one attached hydrogen (secondary N) is 2. The Labute approximate surface area is 122 Å². The van der Waals surface area contributed by atoms with Crippen LogP contribution in [0, 0.1) is 0 Å². The molecule has 3 aromatic heterocycles. The van der Waals surface area contributed by atoms with Crippen LogP contribution >= 0.6 is 0 Å². The average Bonchev–Trinajstić information content (AvgIpc) is 3.13. The third-order valence-corrected chi connectivity index (χ3v) is 3.98. The predicted molar refractivity (Wildman–Crippen MR) is 83.4 cm³/mol. The molecule has 0 spiro atoms. The number of anilines is 1. The van der Waals surface area contributed by atoms with Crippen LogP contribution in [-0.2, 0) is 7.05 Å². The second kappa shape index (κ2) is 4.89. The second-order valence-corrected chi connectivity index (χ2v) is 5.42. The fraction of sp³-hybridized carbons (Fsp3) is 0.333. The van der Waals surface area contributed by atoms with Gasteiger partial charge >= 0.3 is 0 Å². The molecule has 0 unspecified atom stereocenters. The van der Waals surface area contributed by atoms with E-state index in [0.29, 0.717) is 0 Å². The molecule has 1 fully saturated rings. The van der Waals surface area contributed by atoms with Gasteiger partial charge in [-0.05, 0) is 12.1 Å². The fourth-order valence-electron chi connectivity index (χ4n) is 2.91. The van der Waals surface area contributed by atoms with Gasteiger partial charge in [-0.1, -0.05) is 0 Å². The van der Waals surface area contributed by atoms with Crippen LogP contribution in [0.1, 0.15) is 0 Å². The topological polar surface area (TPSA) is 61.8 Å². The van der Waals surface area contributed by atoms with Crippen molar-refractivity contribution in [2.45, 2.75) is 0 Å². The van der Waals surface area contributed by atoms with E-state index >= 15 is 0 Å². The predicted octanol–water partition coefficient (Wildman–Crippen LogP) is 1.37. The molecule has 3 aromatic rings. The van der Waals surface area contributed by atoms with Gasteiger partial charge in [0, 0.05) is 62.3 Å². The minimum absolute atomic E-state index is 0.935. The van der Waals surface area contributed by atoms with Gasteiger partial charge in [0.2, 0.25) is 0 Å². The molecule has 2 N–H and O–H groups in total. The van der Waals surface area contributed by atoms with Gasteiger partial charge in [-0.25, -0.2) is 4.98 Å². The zero-order valence-corrected chi connectivity index (χ0v) is 12.0. The van der Waals surface area contributed by atoms with Crippen molar-refractivity contribution in [3.8, 4) is 11.3 Å². The summed E-state index contributed by atoms with van der Waals surface area (Å²) in [5.41, 5.74) is 4.34. The number of hydrogen-bond donors (Lipinski definition) is 2. The molecule has 0 aliphatic carbocycles. The molecular weight excluding hydrogens is 264 g/mol. The van der Waals surface area contributed by atoms with Gasteiger partial charge in [0.15, 0.2) is 0 Å². The highest BCUT2D eigenvalue weighted by atomic mass is 15.2. The number of hydrogen-bond acceptors (Lipinski definition) is 4. The molecule has 1 aliphatic rings. The van der Waals surface area contributed by atoms with Gasteiger partial charge in [-0.15, -0.1) is 0 Å². The minimum atomic E-state index is 0.935. The molecule has 21 heavy (non-hydrogen) atoms. The summed E-state index contributed by atoms with van der Waals surface area (Å²) in [6.45, 7) is 4.13. The van der Waals surface area contributed by atoms with Gasteiger partial charge < -0.3 is 15.2 Å². The number of rotatable bonds is 2. The molecular formula is C15H18N6. The lowest BCUT2D eigenvalue weighted by molar-refractivity contribution is 0.590.